The van der Waals surface area contributed by atoms with Crippen LogP contribution in [0.2, 0.25) is 0 Å². The number of fused-ring (bicyclic) bond motifs is 1. The van der Waals surface area contributed by atoms with Gasteiger partial charge in [0.2, 0.25) is 11.2 Å². The molecule has 0 unspecified atom stereocenters. The molecular formula is C21H16F4O5. The number of hydrogen-bond acceptors (Lipinski definition) is 5. The number of esters is 1. The van der Waals surface area contributed by atoms with Crippen LogP contribution in [0, 0.1) is 5.82 Å². The Bertz CT molecular complexity index is 1150. The maximum Gasteiger partial charge on any atom is 0.453 e. The Balaban J connectivity index is 2.23. The van der Waals surface area contributed by atoms with E-state index in [1.165, 1.54) is 19.2 Å². The first kappa shape index (κ1) is 21.4. The van der Waals surface area contributed by atoms with Crippen LogP contribution >= 0.6 is 0 Å². The molecule has 0 saturated carbocycles. The SMILES string of the molecule is CCc1cc2c(=O)c(Oc3ccc(F)cc3)c(C(F)(F)F)oc2cc1CC(=O)OC. The maximum atomic E-state index is 13.6. The molecular weight excluding hydrogens is 408 g/mol. The lowest BCUT2D eigenvalue weighted by atomic mass is 9.99. The second-order valence-electron chi connectivity index (χ2n) is 6.37. The van der Waals surface area contributed by atoms with E-state index in [-0.39, 0.29) is 23.1 Å². The second kappa shape index (κ2) is 8.17. The van der Waals surface area contributed by atoms with Crippen LogP contribution < -0.4 is 10.2 Å². The normalized spacial score (nSPS) is 11.5. The van der Waals surface area contributed by atoms with Gasteiger partial charge in [-0.15, -0.1) is 0 Å². The molecule has 0 spiro atoms. The Morgan fingerprint density at radius 1 is 1.10 bits per heavy atom. The molecule has 2 aromatic carbocycles. The standard InChI is InChI=1S/C21H16F4O5/c1-3-11-8-15-16(9-12(11)10-17(26)28-2)30-20(21(23,24)25)19(18(15)27)29-14-6-4-13(22)5-7-14/h4-9H,3,10H2,1-2H3. The van der Waals surface area contributed by atoms with Gasteiger partial charge in [-0.05, 0) is 53.9 Å². The lowest BCUT2D eigenvalue weighted by Gasteiger charge is -2.15. The van der Waals surface area contributed by atoms with Crippen LogP contribution in [-0.2, 0) is 28.5 Å². The molecule has 0 amide bonds. The van der Waals surface area contributed by atoms with Crippen LogP contribution in [0.3, 0.4) is 0 Å². The minimum atomic E-state index is -5.03. The highest BCUT2D eigenvalue weighted by Crippen LogP contribution is 2.38. The number of carbonyl (C=O) groups excluding carboxylic acids is 1. The van der Waals surface area contributed by atoms with Crippen molar-refractivity contribution in [1.82, 2.24) is 0 Å². The van der Waals surface area contributed by atoms with E-state index in [1.807, 2.05) is 0 Å². The fraction of sp³-hybridized carbons (Fsp3) is 0.238. The van der Waals surface area contributed by atoms with Gasteiger partial charge in [-0.3, -0.25) is 9.59 Å². The van der Waals surface area contributed by atoms with E-state index in [0.29, 0.717) is 17.5 Å². The van der Waals surface area contributed by atoms with Gasteiger partial charge in [0.05, 0.1) is 18.9 Å². The molecule has 9 heteroatoms. The fourth-order valence-corrected chi connectivity index (χ4v) is 2.93. The summed E-state index contributed by atoms with van der Waals surface area (Å²) >= 11 is 0. The first-order chi connectivity index (χ1) is 14.1. The van der Waals surface area contributed by atoms with Gasteiger partial charge in [0, 0.05) is 0 Å². The monoisotopic (exact) mass is 424 g/mol. The number of alkyl halides is 3. The Morgan fingerprint density at radius 3 is 2.33 bits per heavy atom. The molecule has 0 radical (unpaired) electrons. The number of methoxy groups -OCH3 is 1. The Morgan fingerprint density at radius 2 is 1.77 bits per heavy atom. The lowest BCUT2D eigenvalue weighted by Crippen LogP contribution is -2.16. The third kappa shape index (κ3) is 4.29. The summed E-state index contributed by atoms with van der Waals surface area (Å²) in [6.45, 7) is 1.77. The number of halogens is 4. The Hall–Kier alpha value is -3.36. The summed E-state index contributed by atoms with van der Waals surface area (Å²) in [6.07, 6.45) is -4.81. The highest BCUT2D eigenvalue weighted by atomic mass is 19.4. The summed E-state index contributed by atoms with van der Waals surface area (Å²) in [4.78, 5) is 24.5. The molecule has 0 fully saturated rings. The van der Waals surface area contributed by atoms with E-state index in [1.54, 1.807) is 6.92 Å². The van der Waals surface area contributed by atoms with Gasteiger partial charge in [0.25, 0.3) is 5.76 Å². The summed E-state index contributed by atoms with van der Waals surface area (Å²) in [5, 5.41) is -0.134. The highest BCUT2D eigenvalue weighted by molar-refractivity contribution is 5.82. The van der Waals surface area contributed by atoms with Crippen LogP contribution in [0.25, 0.3) is 11.0 Å². The molecule has 3 rings (SSSR count). The molecule has 0 aliphatic carbocycles. The van der Waals surface area contributed by atoms with E-state index < -0.39 is 34.9 Å². The first-order valence-electron chi connectivity index (χ1n) is 8.84. The molecule has 158 valence electrons. The average molecular weight is 424 g/mol. The molecule has 0 saturated heterocycles. The summed E-state index contributed by atoms with van der Waals surface area (Å²) in [6, 6.07) is 6.76. The molecule has 0 bridgehead atoms. The molecule has 30 heavy (non-hydrogen) atoms. The zero-order valence-corrected chi connectivity index (χ0v) is 15.9. The van der Waals surface area contributed by atoms with Crippen molar-refractivity contribution in [3.63, 3.8) is 0 Å². The summed E-state index contributed by atoms with van der Waals surface area (Å²) < 4.78 is 68.6. The van der Waals surface area contributed by atoms with E-state index >= 15 is 0 Å². The van der Waals surface area contributed by atoms with E-state index in [0.717, 1.165) is 24.3 Å². The van der Waals surface area contributed by atoms with E-state index in [2.05, 4.69) is 4.74 Å². The van der Waals surface area contributed by atoms with Crippen LogP contribution in [-0.4, -0.2) is 13.1 Å². The zero-order valence-electron chi connectivity index (χ0n) is 15.9. The van der Waals surface area contributed by atoms with Crippen molar-refractivity contribution in [1.29, 1.82) is 0 Å². The maximum absolute atomic E-state index is 13.6. The minimum Gasteiger partial charge on any atom is -0.469 e. The smallest absolute Gasteiger partial charge is 0.453 e. The van der Waals surface area contributed by atoms with Crippen molar-refractivity contribution < 1.29 is 36.2 Å². The van der Waals surface area contributed by atoms with Gasteiger partial charge in [-0.1, -0.05) is 6.92 Å². The van der Waals surface area contributed by atoms with Gasteiger partial charge < -0.3 is 13.9 Å². The van der Waals surface area contributed by atoms with Gasteiger partial charge in [-0.2, -0.15) is 13.2 Å². The predicted molar refractivity (Wildman–Crippen MR) is 99.1 cm³/mol. The number of ether oxygens (including phenoxy) is 2. The van der Waals surface area contributed by atoms with Gasteiger partial charge >= 0.3 is 12.1 Å². The number of rotatable bonds is 5. The predicted octanol–water partition coefficient (Wildman–Crippen LogP) is 5.02. The van der Waals surface area contributed by atoms with E-state index in [4.69, 9.17) is 9.15 Å². The first-order valence-corrected chi connectivity index (χ1v) is 8.84. The van der Waals surface area contributed by atoms with Crippen molar-refractivity contribution in [3.05, 3.63) is 69.3 Å². The number of carbonyl (C=O) groups is 1. The van der Waals surface area contributed by atoms with Crippen LogP contribution in [0.5, 0.6) is 11.5 Å². The largest absolute Gasteiger partial charge is 0.469 e. The third-order valence-electron chi connectivity index (χ3n) is 4.41. The van der Waals surface area contributed by atoms with Crippen LogP contribution in [0.15, 0.2) is 45.6 Å². The van der Waals surface area contributed by atoms with E-state index in [9.17, 15) is 27.2 Å². The van der Waals surface area contributed by atoms with Gasteiger partial charge in [0.15, 0.2) is 0 Å². The van der Waals surface area contributed by atoms with Crippen molar-refractivity contribution in [2.45, 2.75) is 25.9 Å². The average Bonchev–Trinajstić information content (AvgIpc) is 2.70. The molecule has 5 nitrogen and oxygen atoms in total. The molecule has 0 aliphatic rings. The van der Waals surface area contributed by atoms with Gasteiger partial charge in [-0.25, -0.2) is 4.39 Å². The third-order valence-corrected chi connectivity index (χ3v) is 4.41. The Kier molecular flexibility index (Phi) is 5.82. The Labute approximate surface area is 167 Å². The molecule has 0 N–H and O–H groups in total. The number of aryl methyl sites for hydroxylation is 1. The highest BCUT2D eigenvalue weighted by Gasteiger charge is 2.40. The van der Waals surface area contributed by atoms with Gasteiger partial charge in [0.1, 0.15) is 17.1 Å². The van der Waals surface area contributed by atoms with Crippen LogP contribution in [0.1, 0.15) is 23.8 Å². The molecule has 1 aromatic heterocycles. The second-order valence-corrected chi connectivity index (χ2v) is 6.37. The summed E-state index contributed by atoms with van der Waals surface area (Å²) in [7, 11) is 1.19. The van der Waals surface area contributed by atoms with Crippen molar-refractivity contribution >= 4 is 16.9 Å². The quantitative estimate of drug-likeness (QED) is 0.425. The molecule has 0 atom stereocenters. The molecule has 1 heterocycles. The molecule has 3 aromatic rings. The number of hydrogen-bond donors (Lipinski definition) is 0. The van der Waals surface area contributed by atoms with Crippen LogP contribution in [0.4, 0.5) is 17.6 Å². The fourth-order valence-electron chi connectivity index (χ4n) is 2.93. The topological polar surface area (TPSA) is 65.7 Å². The lowest BCUT2D eigenvalue weighted by molar-refractivity contribution is -0.154. The molecule has 0 aliphatic heterocycles. The number of benzene rings is 2. The van der Waals surface area contributed by atoms with Crippen molar-refractivity contribution in [2.24, 2.45) is 0 Å². The van der Waals surface area contributed by atoms with Crippen molar-refractivity contribution in [2.75, 3.05) is 7.11 Å². The van der Waals surface area contributed by atoms with Crippen molar-refractivity contribution in [3.8, 4) is 11.5 Å². The summed E-state index contributed by atoms with van der Waals surface area (Å²) in [5.74, 6) is -4.04. The summed E-state index contributed by atoms with van der Waals surface area (Å²) in [5.41, 5.74) is -0.407. The zero-order chi connectivity index (χ0) is 22.1. The minimum absolute atomic E-state index is 0.134.